The Labute approximate surface area is 109 Å². The van der Waals surface area contributed by atoms with Gasteiger partial charge in [0.15, 0.2) is 0 Å². The number of rotatable bonds is 2. The number of carbonyl (C=O) groups is 1. The van der Waals surface area contributed by atoms with Crippen LogP contribution in [0.5, 0.6) is 0 Å². The van der Waals surface area contributed by atoms with Crippen molar-refractivity contribution in [1.82, 2.24) is 14.8 Å². The van der Waals surface area contributed by atoms with Gasteiger partial charge in [0, 0.05) is 37.4 Å². The molecule has 1 aliphatic heterocycles. The molecule has 18 heavy (non-hydrogen) atoms. The van der Waals surface area contributed by atoms with Crippen LogP contribution >= 0.6 is 0 Å². The molecule has 4 heteroatoms. The number of nitrogens with one attached hydrogen (secondary N) is 1. The predicted octanol–water partition coefficient (Wildman–Crippen LogP) is 1.89. The summed E-state index contributed by atoms with van der Waals surface area (Å²) in [7, 11) is 0. The highest BCUT2D eigenvalue weighted by molar-refractivity contribution is 5.93. The molecule has 1 saturated heterocycles. The molecule has 0 radical (unpaired) electrons. The van der Waals surface area contributed by atoms with Gasteiger partial charge in [0.1, 0.15) is 5.69 Å². The minimum Gasteiger partial charge on any atom is -0.341 e. The van der Waals surface area contributed by atoms with Gasteiger partial charge in [-0.25, -0.2) is 0 Å². The largest absolute Gasteiger partial charge is 0.341 e. The van der Waals surface area contributed by atoms with E-state index in [0.29, 0.717) is 18.1 Å². The van der Waals surface area contributed by atoms with Gasteiger partial charge in [-0.2, -0.15) is 0 Å². The molecule has 2 rings (SSSR count). The number of hydrogen-bond acceptors (Lipinski definition) is 2. The van der Waals surface area contributed by atoms with Gasteiger partial charge in [-0.3, -0.25) is 4.79 Å². The van der Waals surface area contributed by atoms with Gasteiger partial charge in [-0.15, -0.1) is 0 Å². The molecule has 0 bridgehead atoms. The quantitative estimate of drug-likeness (QED) is 0.869. The SMILES string of the molecule is CC1CN(C(=O)c2cccn2C(C)C)CC(C)N1. The zero-order valence-corrected chi connectivity index (χ0v) is 11.7. The van der Waals surface area contributed by atoms with E-state index in [1.807, 2.05) is 27.8 Å². The summed E-state index contributed by atoms with van der Waals surface area (Å²) in [4.78, 5) is 14.5. The Bertz CT molecular complexity index is 414. The lowest BCUT2D eigenvalue weighted by Crippen LogP contribution is -2.56. The highest BCUT2D eigenvalue weighted by Gasteiger charge is 2.27. The second-order valence-electron chi connectivity index (χ2n) is 5.57. The van der Waals surface area contributed by atoms with Crippen molar-refractivity contribution in [3.63, 3.8) is 0 Å². The molecule has 4 nitrogen and oxygen atoms in total. The lowest BCUT2D eigenvalue weighted by Gasteiger charge is -2.36. The molecule has 1 aromatic rings. The molecule has 2 unspecified atom stereocenters. The van der Waals surface area contributed by atoms with Gasteiger partial charge < -0.3 is 14.8 Å². The van der Waals surface area contributed by atoms with E-state index in [4.69, 9.17) is 0 Å². The Hall–Kier alpha value is -1.29. The summed E-state index contributed by atoms with van der Waals surface area (Å²) in [6, 6.07) is 4.90. The van der Waals surface area contributed by atoms with Crippen molar-refractivity contribution in [2.75, 3.05) is 13.1 Å². The van der Waals surface area contributed by atoms with Crippen LogP contribution in [0.25, 0.3) is 0 Å². The zero-order chi connectivity index (χ0) is 13.3. The first-order chi connectivity index (χ1) is 8.49. The van der Waals surface area contributed by atoms with E-state index in [1.165, 1.54) is 0 Å². The zero-order valence-electron chi connectivity index (χ0n) is 11.7. The average Bonchev–Trinajstić information content (AvgIpc) is 2.75. The lowest BCUT2D eigenvalue weighted by atomic mass is 10.1. The number of aromatic nitrogens is 1. The third-order valence-corrected chi connectivity index (χ3v) is 3.40. The van der Waals surface area contributed by atoms with E-state index in [-0.39, 0.29) is 5.91 Å². The van der Waals surface area contributed by atoms with Crippen LogP contribution in [0.2, 0.25) is 0 Å². The highest BCUT2D eigenvalue weighted by atomic mass is 16.2. The summed E-state index contributed by atoms with van der Waals surface area (Å²) >= 11 is 0. The molecule has 1 amide bonds. The van der Waals surface area contributed by atoms with Crippen LogP contribution in [0.15, 0.2) is 18.3 Å². The minimum absolute atomic E-state index is 0.147. The van der Waals surface area contributed by atoms with Crippen molar-refractivity contribution in [3.05, 3.63) is 24.0 Å². The normalized spacial score (nSPS) is 24.6. The molecule has 0 aromatic carbocycles. The van der Waals surface area contributed by atoms with Crippen molar-refractivity contribution in [2.24, 2.45) is 0 Å². The summed E-state index contributed by atoms with van der Waals surface area (Å²) in [5, 5.41) is 3.45. The van der Waals surface area contributed by atoms with Gasteiger partial charge in [0.05, 0.1) is 0 Å². The minimum atomic E-state index is 0.147. The van der Waals surface area contributed by atoms with Crippen molar-refractivity contribution < 1.29 is 4.79 Å². The van der Waals surface area contributed by atoms with E-state index in [9.17, 15) is 4.79 Å². The van der Waals surface area contributed by atoms with Crippen LogP contribution in [0.3, 0.4) is 0 Å². The van der Waals surface area contributed by atoms with Crippen LogP contribution in [0.4, 0.5) is 0 Å². The van der Waals surface area contributed by atoms with Crippen molar-refractivity contribution in [3.8, 4) is 0 Å². The molecule has 0 spiro atoms. The van der Waals surface area contributed by atoms with Crippen molar-refractivity contribution >= 4 is 5.91 Å². The van der Waals surface area contributed by atoms with E-state index >= 15 is 0 Å². The first kappa shape index (κ1) is 13.1. The third-order valence-electron chi connectivity index (χ3n) is 3.40. The predicted molar refractivity (Wildman–Crippen MR) is 72.8 cm³/mol. The molecule has 100 valence electrons. The van der Waals surface area contributed by atoms with E-state index in [2.05, 4.69) is 33.0 Å². The molecular weight excluding hydrogens is 226 g/mol. The fraction of sp³-hybridized carbons (Fsp3) is 0.643. The third kappa shape index (κ3) is 2.58. The fourth-order valence-electron chi connectivity index (χ4n) is 2.68. The number of nitrogens with zero attached hydrogens (tertiary/aromatic N) is 2. The number of piperazine rings is 1. The first-order valence-electron chi connectivity index (χ1n) is 6.71. The van der Waals surface area contributed by atoms with Gasteiger partial charge in [0.25, 0.3) is 5.91 Å². The Morgan fingerprint density at radius 1 is 1.33 bits per heavy atom. The maximum atomic E-state index is 12.6. The first-order valence-corrected chi connectivity index (χ1v) is 6.71. The Kier molecular flexibility index (Phi) is 3.76. The van der Waals surface area contributed by atoms with Gasteiger partial charge in [-0.1, -0.05) is 0 Å². The molecule has 2 atom stereocenters. The van der Waals surface area contributed by atoms with Crippen LogP contribution in [0.1, 0.15) is 44.2 Å². The topological polar surface area (TPSA) is 37.3 Å². The number of amides is 1. The van der Waals surface area contributed by atoms with Crippen molar-refractivity contribution in [1.29, 1.82) is 0 Å². The summed E-state index contributed by atoms with van der Waals surface area (Å²) in [5.74, 6) is 0.147. The summed E-state index contributed by atoms with van der Waals surface area (Å²) in [6.45, 7) is 10.0. The fourth-order valence-corrected chi connectivity index (χ4v) is 2.68. The molecule has 1 N–H and O–H groups in total. The van der Waals surface area contributed by atoms with Gasteiger partial charge in [-0.05, 0) is 39.8 Å². The number of carbonyl (C=O) groups excluding carboxylic acids is 1. The maximum Gasteiger partial charge on any atom is 0.270 e. The van der Waals surface area contributed by atoms with Gasteiger partial charge >= 0.3 is 0 Å². The highest BCUT2D eigenvalue weighted by Crippen LogP contribution is 2.15. The van der Waals surface area contributed by atoms with E-state index < -0.39 is 0 Å². The molecular formula is C14H23N3O. The molecule has 1 aromatic heterocycles. The number of hydrogen-bond donors (Lipinski definition) is 1. The molecule has 2 heterocycles. The summed E-state index contributed by atoms with van der Waals surface area (Å²) in [6.07, 6.45) is 1.98. The Morgan fingerprint density at radius 3 is 2.50 bits per heavy atom. The average molecular weight is 249 g/mol. The lowest BCUT2D eigenvalue weighted by molar-refractivity contribution is 0.0661. The van der Waals surface area contributed by atoms with Crippen LogP contribution in [0, 0.1) is 0 Å². The second-order valence-corrected chi connectivity index (χ2v) is 5.57. The smallest absolute Gasteiger partial charge is 0.270 e. The van der Waals surface area contributed by atoms with E-state index in [1.54, 1.807) is 0 Å². The van der Waals surface area contributed by atoms with Crippen molar-refractivity contribution in [2.45, 2.75) is 45.8 Å². The molecule has 0 saturated carbocycles. The second kappa shape index (κ2) is 5.14. The standard InChI is InChI=1S/C14H23N3O/c1-10(2)17-7-5-6-13(17)14(18)16-8-11(3)15-12(4)9-16/h5-7,10-12,15H,8-9H2,1-4H3. The Balaban J connectivity index is 2.18. The van der Waals surface area contributed by atoms with Crippen LogP contribution < -0.4 is 5.32 Å². The van der Waals surface area contributed by atoms with Crippen LogP contribution in [-0.4, -0.2) is 40.5 Å². The monoisotopic (exact) mass is 249 g/mol. The molecule has 1 fully saturated rings. The van der Waals surface area contributed by atoms with Gasteiger partial charge in [0.2, 0.25) is 0 Å². The summed E-state index contributed by atoms with van der Waals surface area (Å²) in [5.41, 5.74) is 0.798. The maximum absolute atomic E-state index is 12.6. The summed E-state index contributed by atoms with van der Waals surface area (Å²) < 4.78 is 2.04. The van der Waals surface area contributed by atoms with E-state index in [0.717, 1.165) is 18.8 Å². The Morgan fingerprint density at radius 2 is 1.94 bits per heavy atom. The van der Waals surface area contributed by atoms with Crippen LogP contribution in [-0.2, 0) is 0 Å². The molecule has 1 aliphatic rings. The molecule has 0 aliphatic carbocycles.